The summed E-state index contributed by atoms with van der Waals surface area (Å²) in [5, 5.41) is 1.06. The zero-order valence-corrected chi connectivity index (χ0v) is 13.7. The van der Waals surface area contributed by atoms with Crippen LogP contribution in [-0.4, -0.2) is 36.6 Å². The van der Waals surface area contributed by atoms with Gasteiger partial charge < -0.3 is 4.57 Å². The highest BCUT2D eigenvalue weighted by molar-refractivity contribution is 6.47. The molecule has 0 radical (unpaired) electrons. The van der Waals surface area contributed by atoms with Crippen molar-refractivity contribution >= 4 is 19.9 Å². The maximum Gasteiger partial charge on any atom is 0.0951 e. The minimum Gasteiger partial charge on any atom is -0.324 e. The predicted molar refractivity (Wildman–Crippen MR) is 69.3 cm³/mol. The van der Waals surface area contributed by atoms with Crippen LogP contribution in [0.2, 0.25) is 5.16 Å². The van der Waals surface area contributed by atoms with E-state index < -0.39 is 0 Å². The number of nitrogens with zero attached hydrogens (tertiary/aromatic N) is 1. The zero-order chi connectivity index (χ0) is 10.4. The van der Waals surface area contributed by atoms with E-state index in [1.165, 1.54) is 23.1 Å². The van der Waals surface area contributed by atoms with E-state index >= 15 is 0 Å². The lowest BCUT2D eigenvalue weighted by atomic mass is 10.2. The Hall–Kier alpha value is 0.394. The highest BCUT2D eigenvalue weighted by Gasteiger charge is 2.18. The number of rotatable bonds is 6. The van der Waals surface area contributed by atoms with Crippen LogP contribution in [0.5, 0.6) is 0 Å². The molecule has 0 bridgehead atoms. The summed E-state index contributed by atoms with van der Waals surface area (Å²) in [5.74, 6) is 0. The molecule has 80 valence electrons. The molecular formula is C10H27NSi2. The van der Waals surface area contributed by atoms with E-state index in [2.05, 4.69) is 39.2 Å². The second kappa shape index (κ2) is 6.79. The summed E-state index contributed by atoms with van der Waals surface area (Å²) in [4.78, 5) is 0. The van der Waals surface area contributed by atoms with Gasteiger partial charge in [-0.15, -0.1) is 0 Å². The first kappa shape index (κ1) is 13.4. The Morgan fingerprint density at radius 2 is 1.46 bits per heavy atom. The molecule has 0 fully saturated rings. The van der Waals surface area contributed by atoms with Crippen LogP contribution in [0.25, 0.3) is 0 Å². The first-order chi connectivity index (χ1) is 6.02. The SMILES string of the molecule is CCC(C)N([SiH2]C(C)[SiH3])C(C)CC. The summed E-state index contributed by atoms with van der Waals surface area (Å²) < 4.78 is 2.82. The maximum atomic E-state index is 2.82. The van der Waals surface area contributed by atoms with Gasteiger partial charge in [0, 0.05) is 10.2 Å². The van der Waals surface area contributed by atoms with Crippen molar-refractivity contribution in [2.24, 2.45) is 0 Å². The van der Waals surface area contributed by atoms with Gasteiger partial charge in [-0.3, -0.25) is 0 Å². The Morgan fingerprint density at radius 1 is 1.08 bits per heavy atom. The van der Waals surface area contributed by atoms with E-state index in [0.29, 0.717) is 0 Å². The molecule has 0 aromatic carbocycles. The summed E-state index contributed by atoms with van der Waals surface area (Å²) in [5.41, 5.74) is 0. The quantitative estimate of drug-likeness (QED) is 0.602. The van der Waals surface area contributed by atoms with Gasteiger partial charge in [0.1, 0.15) is 0 Å². The Labute approximate surface area is 89.6 Å². The van der Waals surface area contributed by atoms with Crippen LogP contribution < -0.4 is 0 Å². The van der Waals surface area contributed by atoms with Crippen molar-refractivity contribution in [3.63, 3.8) is 0 Å². The van der Waals surface area contributed by atoms with Gasteiger partial charge in [-0.2, -0.15) is 0 Å². The summed E-state index contributed by atoms with van der Waals surface area (Å²) in [6.07, 6.45) is 2.62. The van der Waals surface area contributed by atoms with Crippen molar-refractivity contribution in [3.8, 4) is 0 Å². The lowest BCUT2D eigenvalue weighted by Gasteiger charge is -2.35. The smallest absolute Gasteiger partial charge is 0.0951 e. The van der Waals surface area contributed by atoms with Gasteiger partial charge in [0.15, 0.2) is 0 Å². The van der Waals surface area contributed by atoms with Crippen molar-refractivity contribution in [2.75, 3.05) is 0 Å². The molecule has 1 nitrogen and oxygen atoms in total. The summed E-state index contributed by atoms with van der Waals surface area (Å²) in [7, 11) is 1.42. The first-order valence-electron chi connectivity index (χ1n) is 5.78. The molecule has 0 amide bonds. The van der Waals surface area contributed by atoms with Crippen molar-refractivity contribution in [1.29, 1.82) is 0 Å². The lowest BCUT2D eigenvalue weighted by molar-refractivity contribution is 0.267. The third kappa shape index (κ3) is 4.98. The van der Waals surface area contributed by atoms with Crippen molar-refractivity contribution in [3.05, 3.63) is 0 Å². The molecule has 3 heteroatoms. The fourth-order valence-corrected chi connectivity index (χ4v) is 5.03. The maximum absolute atomic E-state index is 2.82. The van der Waals surface area contributed by atoms with Gasteiger partial charge in [-0.1, -0.05) is 39.8 Å². The molecule has 0 heterocycles. The minimum atomic E-state index is 0.0382. The number of hydrogen-bond donors (Lipinski definition) is 0. The van der Waals surface area contributed by atoms with Gasteiger partial charge in [-0.25, -0.2) is 0 Å². The minimum absolute atomic E-state index is 0.0382. The molecule has 3 atom stereocenters. The molecule has 0 aliphatic rings. The van der Waals surface area contributed by atoms with Crippen LogP contribution in [-0.2, 0) is 0 Å². The summed E-state index contributed by atoms with van der Waals surface area (Å²) in [6, 6.07) is 1.64. The molecule has 3 unspecified atom stereocenters. The van der Waals surface area contributed by atoms with Crippen molar-refractivity contribution < 1.29 is 0 Å². The molecule has 0 aromatic heterocycles. The molecule has 0 rings (SSSR count). The van der Waals surface area contributed by atoms with E-state index in [9.17, 15) is 0 Å². The van der Waals surface area contributed by atoms with Crippen molar-refractivity contribution in [2.45, 2.75) is 64.7 Å². The van der Waals surface area contributed by atoms with Gasteiger partial charge in [0.2, 0.25) is 0 Å². The average molecular weight is 218 g/mol. The fraction of sp³-hybridized carbons (Fsp3) is 1.00. The molecule has 13 heavy (non-hydrogen) atoms. The monoisotopic (exact) mass is 217 g/mol. The van der Waals surface area contributed by atoms with Crippen molar-refractivity contribution in [1.82, 2.24) is 4.57 Å². The van der Waals surface area contributed by atoms with Gasteiger partial charge in [-0.05, 0) is 24.9 Å². The van der Waals surface area contributed by atoms with Crippen LogP contribution in [0, 0.1) is 0 Å². The van der Waals surface area contributed by atoms with E-state index in [-0.39, 0.29) is 9.68 Å². The molecule has 0 spiro atoms. The van der Waals surface area contributed by atoms with Crippen LogP contribution in [0.1, 0.15) is 47.5 Å². The van der Waals surface area contributed by atoms with E-state index in [1.54, 1.807) is 0 Å². The second-order valence-corrected chi connectivity index (χ2v) is 10.9. The zero-order valence-electron chi connectivity index (χ0n) is 10.3. The largest absolute Gasteiger partial charge is 0.324 e. The van der Waals surface area contributed by atoms with E-state index in [0.717, 1.165) is 17.2 Å². The normalized spacial score (nSPS) is 19.8. The lowest BCUT2D eigenvalue weighted by Crippen LogP contribution is -2.43. The summed E-state index contributed by atoms with van der Waals surface area (Å²) >= 11 is 0. The predicted octanol–water partition coefficient (Wildman–Crippen LogP) is 1.10. The molecule has 0 saturated heterocycles. The highest BCUT2D eigenvalue weighted by Crippen LogP contribution is 2.12. The van der Waals surface area contributed by atoms with E-state index in [1.807, 2.05) is 0 Å². The number of hydrogen-bond acceptors (Lipinski definition) is 1. The molecule has 0 aliphatic heterocycles. The highest BCUT2D eigenvalue weighted by atomic mass is 28.3. The van der Waals surface area contributed by atoms with Gasteiger partial charge >= 0.3 is 0 Å². The Balaban J connectivity index is 4.17. The van der Waals surface area contributed by atoms with Gasteiger partial charge in [0.05, 0.1) is 9.68 Å². The molecule has 0 aromatic rings. The van der Waals surface area contributed by atoms with E-state index in [4.69, 9.17) is 0 Å². The topological polar surface area (TPSA) is 3.24 Å². The molecular weight excluding hydrogens is 190 g/mol. The Bertz CT molecular complexity index is 118. The summed E-state index contributed by atoms with van der Waals surface area (Å²) in [6.45, 7) is 11.8. The third-order valence-electron chi connectivity index (χ3n) is 2.89. The average Bonchev–Trinajstić information content (AvgIpc) is 2.11. The van der Waals surface area contributed by atoms with Crippen LogP contribution in [0.4, 0.5) is 0 Å². The standard InChI is InChI=1S/C10H27NSi2/c1-6-8(3)11(9(4)7-2)13-10(5)12/h8-10H,6-7,13H2,1-5,12H3. The fourth-order valence-electron chi connectivity index (χ4n) is 1.68. The van der Waals surface area contributed by atoms with Crippen LogP contribution in [0.3, 0.4) is 0 Å². The second-order valence-electron chi connectivity index (χ2n) is 4.61. The Morgan fingerprint density at radius 3 is 1.69 bits per heavy atom. The van der Waals surface area contributed by atoms with Crippen LogP contribution >= 0.6 is 0 Å². The van der Waals surface area contributed by atoms with Crippen LogP contribution in [0.15, 0.2) is 0 Å². The van der Waals surface area contributed by atoms with Gasteiger partial charge in [0.25, 0.3) is 0 Å². The first-order valence-corrected chi connectivity index (χ1v) is 8.38. The molecule has 0 N–H and O–H groups in total. The molecule has 0 aliphatic carbocycles. The molecule has 0 saturated carbocycles. The third-order valence-corrected chi connectivity index (χ3v) is 6.38. The Kier molecular flexibility index (Phi) is 7.00.